The van der Waals surface area contributed by atoms with Crippen LogP contribution in [0.1, 0.15) is 5.69 Å². The van der Waals surface area contributed by atoms with Crippen molar-refractivity contribution in [3.05, 3.63) is 30.1 Å². The van der Waals surface area contributed by atoms with E-state index in [0.717, 1.165) is 5.69 Å². The Labute approximate surface area is 94.0 Å². The third kappa shape index (κ3) is 1.74. The topological polar surface area (TPSA) is 73.0 Å². The van der Waals surface area contributed by atoms with Crippen molar-refractivity contribution in [1.29, 1.82) is 0 Å². The third-order valence-electron chi connectivity index (χ3n) is 2.43. The summed E-state index contributed by atoms with van der Waals surface area (Å²) < 4.78 is 23.2. The zero-order valence-electron chi connectivity index (χ0n) is 9.06. The summed E-state index contributed by atoms with van der Waals surface area (Å²) in [5.41, 5.74) is 7.09. The molecule has 0 aliphatic rings. The largest absolute Gasteiger partial charge is 0.398 e. The van der Waals surface area contributed by atoms with Crippen molar-refractivity contribution in [2.45, 2.75) is 11.8 Å². The van der Waals surface area contributed by atoms with Gasteiger partial charge in [-0.2, -0.15) is 0 Å². The van der Waals surface area contributed by atoms with Crippen molar-refractivity contribution in [1.82, 2.24) is 4.98 Å². The van der Waals surface area contributed by atoms with Gasteiger partial charge in [0.1, 0.15) is 0 Å². The van der Waals surface area contributed by atoms with Gasteiger partial charge in [-0.25, -0.2) is 8.42 Å². The molecule has 2 N–H and O–H groups in total. The van der Waals surface area contributed by atoms with Crippen molar-refractivity contribution < 1.29 is 8.42 Å². The van der Waals surface area contributed by atoms with Gasteiger partial charge in [-0.05, 0) is 25.1 Å². The van der Waals surface area contributed by atoms with Crippen molar-refractivity contribution in [2.75, 3.05) is 12.0 Å². The van der Waals surface area contributed by atoms with Crippen molar-refractivity contribution >= 4 is 26.3 Å². The highest BCUT2D eigenvalue weighted by atomic mass is 32.2. The molecule has 0 aliphatic carbocycles. The molecule has 2 rings (SSSR count). The van der Waals surface area contributed by atoms with Gasteiger partial charge in [0, 0.05) is 34.6 Å². The molecule has 0 saturated heterocycles. The van der Waals surface area contributed by atoms with E-state index in [-0.39, 0.29) is 0 Å². The number of nitrogens with zero attached hydrogens (tertiary/aromatic N) is 1. The van der Waals surface area contributed by atoms with Crippen LogP contribution in [0, 0.1) is 6.92 Å². The fourth-order valence-electron chi connectivity index (χ4n) is 1.66. The fraction of sp³-hybridized carbons (Fsp3) is 0.182. The second kappa shape index (κ2) is 3.45. The summed E-state index contributed by atoms with van der Waals surface area (Å²) in [7, 11) is -3.25. The molecule has 0 unspecified atom stereocenters. The fourth-order valence-corrected chi connectivity index (χ4v) is 2.55. The number of rotatable bonds is 1. The summed E-state index contributed by atoms with van der Waals surface area (Å²) >= 11 is 0. The first kappa shape index (κ1) is 10.9. The van der Waals surface area contributed by atoms with Crippen LogP contribution in [0.5, 0.6) is 0 Å². The zero-order valence-corrected chi connectivity index (χ0v) is 9.88. The van der Waals surface area contributed by atoms with Crippen LogP contribution in [0.4, 0.5) is 5.69 Å². The van der Waals surface area contributed by atoms with Crippen LogP contribution < -0.4 is 5.73 Å². The van der Waals surface area contributed by atoms with Gasteiger partial charge in [0.2, 0.25) is 0 Å². The Morgan fingerprint density at radius 1 is 1.25 bits per heavy atom. The molecule has 0 spiro atoms. The standard InChI is InChI=1S/C11H12N2O2S/c1-7-5-8-9(6-13-7)10(12)3-4-11(8)16(2,14)15/h3-6H,12H2,1-2H3. The van der Waals surface area contributed by atoms with Crippen molar-refractivity contribution in [3.63, 3.8) is 0 Å². The number of nitrogen functional groups attached to an aromatic ring is 1. The van der Waals surface area contributed by atoms with Gasteiger partial charge in [-0.15, -0.1) is 0 Å². The van der Waals surface area contributed by atoms with Gasteiger partial charge < -0.3 is 5.73 Å². The number of hydrogen-bond acceptors (Lipinski definition) is 4. The van der Waals surface area contributed by atoms with Gasteiger partial charge in [0.25, 0.3) is 0 Å². The number of hydrogen-bond donors (Lipinski definition) is 1. The Kier molecular flexibility index (Phi) is 2.35. The first-order chi connectivity index (χ1) is 7.39. The normalized spacial score (nSPS) is 11.9. The molecule has 5 heteroatoms. The van der Waals surface area contributed by atoms with Crippen LogP contribution in [-0.4, -0.2) is 19.7 Å². The van der Waals surface area contributed by atoms with Crippen LogP contribution in [-0.2, 0) is 9.84 Å². The third-order valence-corrected chi connectivity index (χ3v) is 3.59. The monoisotopic (exact) mass is 236 g/mol. The molecule has 16 heavy (non-hydrogen) atoms. The Morgan fingerprint density at radius 2 is 1.94 bits per heavy atom. The molecule has 0 radical (unpaired) electrons. The number of anilines is 1. The number of sulfone groups is 1. The lowest BCUT2D eigenvalue weighted by molar-refractivity contribution is 0.602. The van der Waals surface area contributed by atoms with Gasteiger partial charge >= 0.3 is 0 Å². The molecular weight excluding hydrogens is 224 g/mol. The number of pyridine rings is 1. The lowest BCUT2D eigenvalue weighted by Gasteiger charge is -2.07. The molecule has 84 valence electrons. The second-order valence-corrected chi connectivity index (χ2v) is 5.78. The number of nitrogens with two attached hydrogens (primary N) is 1. The first-order valence-electron chi connectivity index (χ1n) is 4.74. The summed E-state index contributed by atoms with van der Waals surface area (Å²) in [5.74, 6) is 0. The predicted molar refractivity (Wildman–Crippen MR) is 64.0 cm³/mol. The smallest absolute Gasteiger partial charge is 0.176 e. The number of aryl methyl sites for hydroxylation is 1. The molecule has 1 heterocycles. The maximum absolute atomic E-state index is 11.6. The Bertz CT molecular complexity index is 663. The first-order valence-corrected chi connectivity index (χ1v) is 6.63. The number of benzene rings is 1. The minimum absolute atomic E-state index is 0.294. The lowest BCUT2D eigenvalue weighted by Crippen LogP contribution is -2.00. The van der Waals surface area contributed by atoms with E-state index >= 15 is 0 Å². The van der Waals surface area contributed by atoms with Crippen LogP contribution >= 0.6 is 0 Å². The SMILES string of the molecule is Cc1cc2c(S(C)(=O)=O)ccc(N)c2cn1. The molecule has 1 aromatic carbocycles. The van der Waals surface area contributed by atoms with E-state index in [1.54, 1.807) is 18.3 Å². The van der Waals surface area contributed by atoms with E-state index in [4.69, 9.17) is 5.73 Å². The highest BCUT2D eigenvalue weighted by molar-refractivity contribution is 7.91. The second-order valence-electron chi connectivity index (χ2n) is 3.80. The molecular formula is C11H12N2O2S. The van der Waals surface area contributed by atoms with E-state index in [0.29, 0.717) is 21.4 Å². The molecule has 0 amide bonds. The van der Waals surface area contributed by atoms with Crippen molar-refractivity contribution in [3.8, 4) is 0 Å². The highest BCUT2D eigenvalue weighted by Crippen LogP contribution is 2.27. The van der Waals surface area contributed by atoms with E-state index < -0.39 is 9.84 Å². The molecule has 0 atom stereocenters. The van der Waals surface area contributed by atoms with Gasteiger partial charge in [-0.3, -0.25) is 4.98 Å². The Morgan fingerprint density at radius 3 is 2.56 bits per heavy atom. The molecule has 2 aromatic rings. The van der Waals surface area contributed by atoms with Crippen LogP contribution in [0.15, 0.2) is 29.3 Å². The summed E-state index contributed by atoms with van der Waals surface area (Å²) in [4.78, 5) is 4.41. The molecule has 1 aromatic heterocycles. The average Bonchev–Trinajstić information content (AvgIpc) is 2.15. The quantitative estimate of drug-likeness (QED) is 0.762. The lowest BCUT2D eigenvalue weighted by atomic mass is 10.1. The summed E-state index contributed by atoms with van der Waals surface area (Å²) in [6.45, 7) is 1.81. The maximum Gasteiger partial charge on any atom is 0.176 e. The summed E-state index contributed by atoms with van der Waals surface area (Å²) in [6, 6.07) is 4.87. The average molecular weight is 236 g/mol. The summed E-state index contributed by atoms with van der Waals surface area (Å²) in [6.07, 6.45) is 2.79. The minimum Gasteiger partial charge on any atom is -0.398 e. The molecule has 0 aliphatic heterocycles. The Hall–Kier alpha value is -1.62. The van der Waals surface area contributed by atoms with Crippen LogP contribution in [0.3, 0.4) is 0 Å². The molecule has 4 nitrogen and oxygen atoms in total. The summed E-state index contributed by atoms with van der Waals surface area (Å²) in [5, 5.41) is 1.31. The van der Waals surface area contributed by atoms with Gasteiger partial charge in [0.05, 0.1) is 4.90 Å². The van der Waals surface area contributed by atoms with E-state index in [1.165, 1.54) is 12.3 Å². The Balaban J connectivity index is 2.98. The molecule has 0 saturated carbocycles. The van der Waals surface area contributed by atoms with Crippen LogP contribution in [0.25, 0.3) is 10.8 Å². The van der Waals surface area contributed by atoms with Gasteiger partial charge in [-0.1, -0.05) is 0 Å². The van der Waals surface area contributed by atoms with Crippen LogP contribution in [0.2, 0.25) is 0 Å². The van der Waals surface area contributed by atoms with Crippen molar-refractivity contribution in [2.24, 2.45) is 0 Å². The van der Waals surface area contributed by atoms with Gasteiger partial charge in [0.15, 0.2) is 9.84 Å². The predicted octanol–water partition coefficient (Wildman–Crippen LogP) is 1.53. The zero-order chi connectivity index (χ0) is 11.9. The highest BCUT2D eigenvalue weighted by Gasteiger charge is 2.13. The number of fused-ring (bicyclic) bond motifs is 1. The maximum atomic E-state index is 11.6. The van der Waals surface area contributed by atoms with E-state index in [9.17, 15) is 8.42 Å². The van der Waals surface area contributed by atoms with E-state index in [2.05, 4.69) is 4.98 Å². The van der Waals surface area contributed by atoms with E-state index in [1.807, 2.05) is 6.92 Å². The minimum atomic E-state index is -3.25. The molecule has 0 bridgehead atoms. The molecule has 0 fully saturated rings. The number of aromatic nitrogens is 1.